The quantitative estimate of drug-likeness (QED) is 0.196. The van der Waals surface area contributed by atoms with E-state index in [-0.39, 0.29) is 19.0 Å². The van der Waals surface area contributed by atoms with Crippen LogP contribution in [-0.4, -0.2) is 71.1 Å². The highest BCUT2D eigenvalue weighted by Gasteiger charge is 2.30. The van der Waals surface area contributed by atoms with Gasteiger partial charge >= 0.3 is 7.82 Å². The predicted molar refractivity (Wildman–Crippen MR) is 137 cm³/mol. The van der Waals surface area contributed by atoms with Crippen LogP contribution in [0.4, 0.5) is 17.3 Å². The standard InChI is InChI=1S/C22H25N8O5PS/c1-14-11-19(27-26-14)24-21-18-3-2-9-30(18)28-22(25-21)37-17-6-4-15(5-7-17)23-20(31)13-29-10-8-16(12-29)35-36(32,33)34/h2-7,9,11,16H,8,10,12-13H2,1H3,(H,23,31)(H2,32,33,34)(H2,24,25,26,27,28)/t16-/m1/s1. The van der Waals surface area contributed by atoms with Crippen LogP contribution in [0.3, 0.4) is 0 Å². The number of carbonyl (C=O) groups is 1. The van der Waals surface area contributed by atoms with E-state index < -0.39 is 13.9 Å². The Morgan fingerprint density at radius 1 is 1.30 bits per heavy atom. The molecule has 0 saturated carbocycles. The highest BCUT2D eigenvalue weighted by atomic mass is 32.2. The van der Waals surface area contributed by atoms with Gasteiger partial charge in [-0.15, -0.1) is 5.10 Å². The number of anilines is 3. The van der Waals surface area contributed by atoms with Crippen LogP contribution in [0.2, 0.25) is 0 Å². The third kappa shape index (κ3) is 6.74. The lowest BCUT2D eigenvalue weighted by Gasteiger charge is -2.16. The normalized spacial score (nSPS) is 16.4. The van der Waals surface area contributed by atoms with E-state index in [2.05, 4.69) is 30.9 Å². The second kappa shape index (κ2) is 10.6. The highest BCUT2D eigenvalue weighted by Crippen LogP contribution is 2.39. The van der Waals surface area contributed by atoms with E-state index in [9.17, 15) is 9.36 Å². The third-order valence-electron chi connectivity index (χ3n) is 5.55. The summed E-state index contributed by atoms with van der Waals surface area (Å²) in [6.45, 7) is 2.84. The van der Waals surface area contributed by atoms with Crippen molar-refractivity contribution in [2.45, 2.75) is 29.5 Å². The number of fused-ring (bicyclic) bond motifs is 1. The van der Waals surface area contributed by atoms with Crippen molar-refractivity contribution in [3.63, 3.8) is 0 Å². The molecule has 194 valence electrons. The number of likely N-dealkylation sites (tertiary alicyclic amines) is 1. The maximum atomic E-state index is 12.4. The average molecular weight is 545 g/mol. The molecule has 15 heteroatoms. The molecule has 0 spiro atoms. The second-order valence-electron chi connectivity index (χ2n) is 8.56. The van der Waals surface area contributed by atoms with Gasteiger partial charge in [0.1, 0.15) is 5.52 Å². The van der Waals surface area contributed by atoms with E-state index in [4.69, 9.17) is 14.3 Å². The number of carbonyl (C=O) groups excluding carboxylic acids is 1. The van der Waals surface area contributed by atoms with Gasteiger partial charge in [0.05, 0.1) is 12.6 Å². The first kappa shape index (κ1) is 25.4. The molecule has 1 aromatic carbocycles. The number of phosphoric acid groups is 1. The van der Waals surface area contributed by atoms with Crippen molar-refractivity contribution in [1.29, 1.82) is 0 Å². The van der Waals surface area contributed by atoms with Gasteiger partial charge in [-0.1, -0.05) is 0 Å². The van der Waals surface area contributed by atoms with Crippen LogP contribution in [0.15, 0.2) is 58.7 Å². The summed E-state index contributed by atoms with van der Waals surface area (Å²) in [5, 5.41) is 18.3. The molecule has 13 nitrogen and oxygen atoms in total. The van der Waals surface area contributed by atoms with Crippen molar-refractivity contribution in [3.8, 4) is 0 Å². The minimum absolute atomic E-state index is 0.105. The van der Waals surface area contributed by atoms with E-state index in [1.54, 1.807) is 21.5 Å². The molecule has 1 atom stereocenters. The van der Waals surface area contributed by atoms with Gasteiger partial charge in [0.15, 0.2) is 11.6 Å². The minimum Gasteiger partial charge on any atom is -0.325 e. The molecule has 1 saturated heterocycles. The maximum absolute atomic E-state index is 12.4. The Kier molecular flexibility index (Phi) is 7.29. The summed E-state index contributed by atoms with van der Waals surface area (Å²) in [6.07, 6.45) is 1.72. The van der Waals surface area contributed by atoms with Crippen LogP contribution in [0.25, 0.3) is 5.52 Å². The molecule has 1 amide bonds. The number of nitrogens with one attached hydrogen (secondary N) is 3. The zero-order chi connectivity index (χ0) is 26.0. The SMILES string of the molecule is Cc1cc(Nc2nc(Sc3ccc(NC(=O)CN4CC[C@@H](OP(=O)(O)O)C4)cc3)nn3cccc23)n[nH]1. The van der Waals surface area contributed by atoms with Crippen LogP contribution in [0, 0.1) is 6.92 Å². The number of aryl methyl sites for hydroxylation is 1. The summed E-state index contributed by atoms with van der Waals surface area (Å²) in [5.41, 5.74) is 2.39. The fourth-order valence-electron chi connectivity index (χ4n) is 3.99. The number of hydrogen-bond donors (Lipinski definition) is 5. The molecule has 1 aliphatic heterocycles. The molecule has 0 unspecified atom stereocenters. The zero-order valence-electron chi connectivity index (χ0n) is 19.7. The van der Waals surface area contributed by atoms with E-state index in [0.29, 0.717) is 35.4 Å². The van der Waals surface area contributed by atoms with Gasteiger partial charge in [0, 0.05) is 41.6 Å². The lowest BCUT2D eigenvalue weighted by atomic mass is 10.3. The van der Waals surface area contributed by atoms with Gasteiger partial charge in [-0.25, -0.2) is 14.1 Å². The first-order chi connectivity index (χ1) is 17.7. The van der Waals surface area contributed by atoms with Crippen LogP contribution >= 0.6 is 19.6 Å². The Labute approximate surface area is 215 Å². The number of aromatic nitrogens is 5. The molecule has 37 heavy (non-hydrogen) atoms. The fourth-order valence-corrected chi connectivity index (χ4v) is 5.30. The molecule has 0 aliphatic carbocycles. The van der Waals surface area contributed by atoms with E-state index in [1.165, 1.54) is 11.8 Å². The maximum Gasteiger partial charge on any atom is 0.469 e. The first-order valence-electron chi connectivity index (χ1n) is 11.4. The van der Waals surface area contributed by atoms with Gasteiger partial charge in [-0.3, -0.25) is 19.3 Å². The number of rotatable bonds is 9. The molecular formula is C22H25N8O5PS. The van der Waals surface area contributed by atoms with Gasteiger partial charge in [-0.05, 0) is 61.5 Å². The molecule has 4 heterocycles. The summed E-state index contributed by atoms with van der Waals surface area (Å²) >= 11 is 1.38. The molecule has 0 bridgehead atoms. The number of phosphoric ester groups is 1. The van der Waals surface area contributed by atoms with Crippen LogP contribution in [0.5, 0.6) is 0 Å². The molecular weight excluding hydrogens is 519 g/mol. The van der Waals surface area contributed by atoms with E-state index in [0.717, 1.165) is 16.1 Å². The molecule has 5 N–H and O–H groups in total. The van der Waals surface area contributed by atoms with Crippen LogP contribution in [-0.2, 0) is 13.9 Å². The van der Waals surface area contributed by atoms with Gasteiger partial charge < -0.3 is 20.4 Å². The predicted octanol–water partition coefficient (Wildman–Crippen LogP) is 2.78. The van der Waals surface area contributed by atoms with Crippen molar-refractivity contribution in [2.24, 2.45) is 0 Å². The summed E-state index contributed by atoms with van der Waals surface area (Å²) in [7, 11) is -4.53. The Balaban J connectivity index is 1.19. The molecule has 5 rings (SSSR count). The number of hydrogen-bond acceptors (Lipinski definition) is 9. The summed E-state index contributed by atoms with van der Waals surface area (Å²) in [5.74, 6) is 1.07. The Morgan fingerprint density at radius 3 is 2.84 bits per heavy atom. The van der Waals surface area contributed by atoms with Crippen molar-refractivity contribution < 1.29 is 23.7 Å². The van der Waals surface area contributed by atoms with Crippen LogP contribution < -0.4 is 10.6 Å². The lowest BCUT2D eigenvalue weighted by molar-refractivity contribution is -0.117. The van der Waals surface area contributed by atoms with Crippen molar-refractivity contribution in [2.75, 3.05) is 30.3 Å². The smallest absolute Gasteiger partial charge is 0.325 e. The average Bonchev–Trinajstić information content (AvgIpc) is 3.56. The molecule has 3 aromatic heterocycles. The van der Waals surface area contributed by atoms with Crippen molar-refractivity contribution >= 4 is 48.3 Å². The molecule has 0 radical (unpaired) electrons. The summed E-state index contributed by atoms with van der Waals surface area (Å²) in [4.78, 5) is 37.7. The second-order valence-corrected chi connectivity index (χ2v) is 10.8. The minimum atomic E-state index is -4.53. The molecule has 1 fully saturated rings. The van der Waals surface area contributed by atoms with Crippen molar-refractivity contribution in [3.05, 3.63) is 54.4 Å². The summed E-state index contributed by atoms with van der Waals surface area (Å²) in [6, 6.07) is 13.0. The van der Waals surface area contributed by atoms with Crippen LogP contribution in [0.1, 0.15) is 12.1 Å². The molecule has 4 aromatic rings. The monoisotopic (exact) mass is 544 g/mol. The largest absolute Gasteiger partial charge is 0.469 e. The van der Waals surface area contributed by atoms with Gasteiger partial charge in [-0.2, -0.15) is 5.10 Å². The Bertz CT molecular complexity index is 1450. The Hall–Kier alpha value is -3.26. The van der Waals surface area contributed by atoms with Gasteiger partial charge in [0.25, 0.3) is 0 Å². The first-order valence-corrected chi connectivity index (χ1v) is 13.7. The van der Waals surface area contributed by atoms with E-state index in [1.807, 2.05) is 43.5 Å². The van der Waals surface area contributed by atoms with Gasteiger partial charge in [0.2, 0.25) is 11.1 Å². The fraction of sp³-hybridized carbons (Fsp3) is 0.273. The number of benzene rings is 1. The number of H-pyrrole nitrogens is 1. The topological polar surface area (TPSA) is 170 Å². The van der Waals surface area contributed by atoms with E-state index >= 15 is 0 Å². The lowest BCUT2D eigenvalue weighted by Crippen LogP contribution is -2.32. The highest BCUT2D eigenvalue weighted by molar-refractivity contribution is 7.99. The Morgan fingerprint density at radius 2 is 2.11 bits per heavy atom. The summed E-state index contributed by atoms with van der Waals surface area (Å²) < 4.78 is 17.5. The number of nitrogens with zero attached hydrogens (tertiary/aromatic N) is 5. The zero-order valence-corrected chi connectivity index (χ0v) is 21.4. The molecule has 1 aliphatic rings. The van der Waals surface area contributed by atoms with Crippen molar-refractivity contribution in [1.82, 2.24) is 29.7 Å². The number of amides is 1. The third-order valence-corrected chi connectivity index (χ3v) is 6.99. The number of aromatic amines is 1.